The molecule has 1 aromatic carbocycles. The molecule has 1 aromatic heterocycles. The van der Waals surface area contributed by atoms with Gasteiger partial charge in [0.2, 0.25) is 0 Å². The first-order chi connectivity index (χ1) is 14.6. The van der Waals surface area contributed by atoms with Crippen molar-refractivity contribution in [2.75, 3.05) is 44.2 Å². The van der Waals surface area contributed by atoms with Crippen molar-refractivity contribution in [3.63, 3.8) is 0 Å². The monoisotopic (exact) mass is 406 g/mol. The number of ether oxygens (including phenoxy) is 1. The maximum atomic E-state index is 13.1. The summed E-state index contributed by atoms with van der Waals surface area (Å²) in [6.45, 7) is 7.48. The van der Waals surface area contributed by atoms with Crippen molar-refractivity contribution in [2.24, 2.45) is 0 Å². The third-order valence-electron chi connectivity index (χ3n) is 5.48. The molecular formula is C23H26N4O3. The molecule has 0 N–H and O–H groups in total. The highest BCUT2D eigenvalue weighted by Gasteiger charge is 2.41. The van der Waals surface area contributed by atoms with Crippen LogP contribution in [0.25, 0.3) is 5.57 Å². The van der Waals surface area contributed by atoms with Crippen molar-refractivity contribution in [1.29, 1.82) is 0 Å². The van der Waals surface area contributed by atoms with Crippen LogP contribution in [0.4, 0.5) is 5.82 Å². The summed E-state index contributed by atoms with van der Waals surface area (Å²) >= 11 is 0. The zero-order chi connectivity index (χ0) is 21.1. The van der Waals surface area contributed by atoms with Gasteiger partial charge in [0.05, 0.1) is 12.2 Å². The molecule has 3 heterocycles. The van der Waals surface area contributed by atoms with Crippen LogP contribution in [0.5, 0.6) is 5.75 Å². The first-order valence-electron chi connectivity index (χ1n) is 10.4. The van der Waals surface area contributed by atoms with E-state index >= 15 is 0 Å². The lowest BCUT2D eigenvalue weighted by atomic mass is 10.0. The molecule has 30 heavy (non-hydrogen) atoms. The van der Waals surface area contributed by atoms with Crippen LogP contribution in [-0.4, -0.2) is 65.9 Å². The van der Waals surface area contributed by atoms with Crippen LogP contribution in [0.1, 0.15) is 19.4 Å². The summed E-state index contributed by atoms with van der Waals surface area (Å²) in [6, 6.07) is 13.3. The minimum atomic E-state index is -0.228. The lowest BCUT2D eigenvalue weighted by Crippen LogP contribution is -2.47. The van der Waals surface area contributed by atoms with E-state index in [0.717, 1.165) is 30.2 Å². The van der Waals surface area contributed by atoms with Crippen molar-refractivity contribution < 1.29 is 14.3 Å². The molecule has 0 radical (unpaired) electrons. The minimum Gasteiger partial charge on any atom is -0.494 e. The summed E-state index contributed by atoms with van der Waals surface area (Å²) in [5, 5.41) is 0. The van der Waals surface area contributed by atoms with E-state index in [9.17, 15) is 9.59 Å². The van der Waals surface area contributed by atoms with Crippen LogP contribution in [0.15, 0.2) is 54.4 Å². The molecule has 1 fully saturated rings. The molecule has 0 spiro atoms. The van der Waals surface area contributed by atoms with E-state index in [2.05, 4.69) is 9.88 Å². The van der Waals surface area contributed by atoms with Crippen LogP contribution in [0.3, 0.4) is 0 Å². The Morgan fingerprint density at radius 1 is 0.900 bits per heavy atom. The minimum absolute atomic E-state index is 0.210. The van der Waals surface area contributed by atoms with Crippen LogP contribution in [-0.2, 0) is 9.59 Å². The molecular weight excluding hydrogens is 380 g/mol. The largest absolute Gasteiger partial charge is 0.494 e. The number of imide groups is 1. The normalized spacial score (nSPS) is 17.2. The van der Waals surface area contributed by atoms with Gasteiger partial charge in [-0.2, -0.15) is 0 Å². The average Bonchev–Trinajstić information content (AvgIpc) is 3.04. The smallest absolute Gasteiger partial charge is 0.277 e. The Morgan fingerprint density at radius 3 is 2.20 bits per heavy atom. The number of pyridine rings is 1. The SMILES string of the molecule is CCOc1ccc(C2=C(N3CCN(c4ccccn4)CC3)C(=O)N(CC)C2=O)cc1. The molecule has 2 aromatic rings. The number of carbonyl (C=O) groups excluding carboxylic acids is 2. The van der Waals surface area contributed by atoms with Crippen LogP contribution in [0, 0.1) is 0 Å². The van der Waals surface area contributed by atoms with Gasteiger partial charge in [-0.15, -0.1) is 0 Å². The van der Waals surface area contributed by atoms with E-state index in [1.807, 2.05) is 61.2 Å². The van der Waals surface area contributed by atoms with Crippen molar-refractivity contribution in [3.05, 3.63) is 59.9 Å². The van der Waals surface area contributed by atoms with E-state index in [-0.39, 0.29) is 11.8 Å². The second-order valence-electron chi connectivity index (χ2n) is 7.20. The summed E-state index contributed by atoms with van der Waals surface area (Å²) in [6.07, 6.45) is 1.78. The quantitative estimate of drug-likeness (QED) is 0.687. The van der Waals surface area contributed by atoms with Gasteiger partial charge in [0, 0.05) is 38.9 Å². The number of hydrogen-bond acceptors (Lipinski definition) is 6. The molecule has 2 aliphatic heterocycles. The molecule has 2 aliphatic rings. The zero-order valence-electron chi connectivity index (χ0n) is 17.4. The number of nitrogens with zero attached hydrogens (tertiary/aromatic N) is 4. The van der Waals surface area contributed by atoms with E-state index in [4.69, 9.17) is 4.74 Å². The first kappa shape index (κ1) is 19.9. The molecule has 0 atom stereocenters. The Labute approximate surface area is 176 Å². The van der Waals surface area contributed by atoms with Crippen LogP contribution in [0.2, 0.25) is 0 Å². The van der Waals surface area contributed by atoms with Gasteiger partial charge in [0.15, 0.2) is 0 Å². The predicted octanol–water partition coefficient (Wildman–Crippen LogP) is 2.40. The van der Waals surface area contributed by atoms with E-state index in [1.54, 1.807) is 6.20 Å². The van der Waals surface area contributed by atoms with Gasteiger partial charge in [-0.25, -0.2) is 4.98 Å². The fraction of sp³-hybridized carbons (Fsp3) is 0.348. The molecule has 0 saturated carbocycles. The lowest BCUT2D eigenvalue weighted by Gasteiger charge is -2.37. The highest BCUT2D eigenvalue weighted by Crippen LogP contribution is 2.33. The maximum absolute atomic E-state index is 13.1. The topological polar surface area (TPSA) is 66.0 Å². The van der Waals surface area contributed by atoms with Gasteiger partial charge < -0.3 is 14.5 Å². The first-order valence-corrected chi connectivity index (χ1v) is 10.4. The molecule has 0 unspecified atom stereocenters. The van der Waals surface area contributed by atoms with Crippen molar-refractivity contribution in [2.45, 2.75) is 13.8 Å². The van der Waals surface area contributed by atoms with Gasteiger partial charge in [-0.05, 0) is 43.7 Å². The van der Waals surface area contributed by atoms with Gasteiger partial charge in [0.1, 0.15) is 17.3 Å². The van der Waals surface area contributed by atoms with Gasteiger partial charge in [-0.3, -0.25) is 14.5 Å². The molecule has 0 bridgehead atoms. The summed E-state index contributed by atoms with van der Waals surface area (Å²) in [5.74, 6) is 1.24. The van der Waals surface area contributed by atoms with Crippen molar-refractivity contribution >= 4 is 23.2 Å². The molecule has 4 rings (SSSR count). The lowest BCUT2D eigenvalue weighted by molar-refractivity contribution is -0.137. The number of anilines is 1. The summed E-state index contributed by atoms with van der Waals surface area (Å²) in [7, 11) is 0. The Morgan fingerprint density at radius 2 is 1.60 bits per heavy atom. The van der Waals surface area contributed by atoms with Gasteiger partial charge >= 0.3 is 0 Å². The second-order valence-corrected chi connectivity index (χ2v) is 7.20. The number of carbonyl (C=O) groups is 2. The van der Waals surface area contributed by atoms with Gasteiger partial charge in [0.25, 0.3) is 11.8 Å². The van der Waals surface area contributed by atoms with Gasteiger partial charge in [-0.1, -0.05) is 18.2 Å². The number of aromatic nitrogens is 1. The van der Waals surface area contributed by atoms with Crippen LogP contribution >= 0.6 is 0 Å². The molecule has 156 valence electrons. The highest BCUT2D eigenvalue weighted by molar-refractivity contribution is 6.35. The highest BCUT2D eigenvalue weighted by atomic mass is 16.5. The summed E-state index contributed by atoms with van der Waals surface area (Å²) in [4.78, 5) is 36.2. The predicted molar refractivity (Wildman–Crippen MR) is 115 cm³/mol. The zero-order valence-corrected chi connectivity index (χ0v) is 17.4. The Balaban J connectivity index is 1.62. The Bertz CT molecular complexity index is 948. The van der Waals surface area contributed by atoms with Crippen molar-refractivity contribution in [1.82, 2.24) is 14.8 Å². The molecule has 7 heteroatoms. The standard InChI is InChI=1S/C23H26N4O3/c1-3-27-22(28)20(17-8-10-18(11-9-17)30-4-2)21(23(27)29)26-15-13-25(14-16-26)19-7-5-6-12-24-19/h5-12H,3-4,13-16H2,1-2H3. The second kappa shape index (κ2) is 8.57. The Kier molecular flexibility index (Phi) is 5.70. The van der Waals surface area contributed by atoms with Crippen molar-refractivity contribution in [3.8, 4) is 5.75 Å². The number of likely N-dealkylation sites (N-methyl/N-ethyl adjacent to an activating group) is 1. The number of rotatable bonds is 6. The third-order valence-corrected chi connectivity index (χ3v) is 5.48. The van der Waals surface area contributed by atoms with E-state index < -0.39 is 0 Å². The van der Waals surface area contributed by atoms with E-state index in [1.165, 1.54) is 4.90 Å². The van der Waals surface area contributed by atoms with Crippen LogP contribution < -0.4 is 9.64 Å². The fourth-order valence-corrected chi connectivity index (χ4v) is 3.99. The molecule has 2 amide bonds. The number of amides is 2. The number of hydrogen-bond donors (Lipinski definition) is 0. The summed E-state index contributed by atoms with van der Waals surface area (Å²) < 4.78 is 5.51. The third kappa shape index (κ3) is 3.63. The fourth-order valence-electron chi connectivity index (χ4n) is 3.99. The number of benzene rings is 1. The molecule has 7 nitrogen and oxygen atoms in total. The Hall–Kier alpha value is -3.35. The molecule has 0 aliphatic carbocycles. The maximum Gasteiger partial charge on any atom is 0.277 e. The average molecular weight is 406 g/mol. The number of piperazine rings is 1. The van der Waals surface area contributed by atoms with E-state index in [0.29, 0.717) is 37.5 Å². The summed E-state index contributed by atoms with van der Waals surface area (Å²) in [5.41, 5.74) is 1.73. The molecule has 1 saturated heterocycles.